The van der Waals surface area contributed by atoms with Gasteiger partial charge in [0.15, 0.2) is 11.8 Å². The zero-order valence-corrected chi connectivity index (χ0v) is 28.0. The molecule has 0 aliphatic carbocycles. The van der Waals surface area contributed by atoms with Crippen LogP contribution in [0.3, 0.4) is 0 Å². The Morgan fingerprint density at radius 2 is 2.00 bits per heavy atom. The molecule has 1 aliphatic rings. The molecule has 1 saturated heterocycles. The summed E-state index contributed by atoms with van der Waals surface area (Å²) in [6, 6.07) is 13.1. The Morgan fingerprint density at radius 1 is 1.19 bits per heavy atom. The summed E-state index contributed by atoms with van der Waals surface area (Å²) in [6.07, 6.45) is 11.2. The van der Waals surface area contributed by atoms with E-state index in [0.717, 1.165) is 55.5 Å². The van der Waals surface area contributed by atoms with Crippen LogP contribution < -0.4 is 17.2 Å². The summed E-state index contributed by atoms with van der Waals surface area (Å²) >= 11 is 6.30. The molecule has 0 saturated carbocycles. The minimum Gasteiger partial charge on any atom is -0.370 e. The number of aliphatic imine (C=N–C) groups is 1. The monoisotopic (exact) mass is 672 g/mol. The normalized spacial score (nSPS) is 18.1. The highest BCUT2D eigenvalue weighted by Crippen LogP contribution is 2.38. The molecular formula is C36H42ClFN8O2. The molecule has 0 unspecified atom stereocenters. The summed E-state index contributed by atoms with van der Waals surface area (Å²) in [4.78, 5) is 32.3. The van der Waals surface area contributed by atoms with Gasteiger partial charge >= 0.3 is 5.69 Å². The quantitative estimate of drug-likeness (QED) is 0.0863. The van der Waals surface area contributed by atoms with Gasteiger partial charge in [-0.2, -0.15) is 4.98 Å². The summed E-state index contributed by atoms with van der Waals surface area (Å²) in [5.74, 6) is 1.43. The zero-order valence-electron chi connectivity index (χ0n) is 27.3. The van der Waals surface area contributed by atoms with Crippen LogP contribution in [0, 0.1) is 17.7 Å². The molecule has 6 N–H and O–H groups in total. The minimum atomic E-state index is -0.503. The van der Waals surface area contributed by atoms with E-state index in [-0.39, 0.29) is 23.2 Å². The molecule has 5 aromatic rings. The van der Waals surface area contributed by atoms with Gasteiger partial charge in [0.2, 0.25) is 0 Å². The first kappa shape index (κ1) is 33.4. The number of aryl methyl sites for hydroxylation is 1. The second-order valence-corrected chi connectivity index (χ2v) is 13.5. The fourth-order valence-electron chi connectivity index (χ4n) is 6.57. The second-order valence-electron chi connectivity index (χ2n) is 13.1. The van der Waals surface area contributed by atoms with Crippen molar-refractivity contribution >= 4 is 28.6 Å². The number of nitrogens with zero attached hydrogens (tertiary/aromatic N) is 4. The van der Waals surface area contributed by atoms with Crippen molar-refractivity contribution in [3.05, 3.63) is 99.3 Å². The van der Waals surface area contributed by atoms with Gasteiger partial charge in [0.25, 0.3) is 0 Å². The summed E-state index contributed by atoms with van der Waals surface area (Å²) in [5.41, 5.74) is 14.6. The number of halogens is 2. The molecular weight excluding hydrogens is 631 g/mol. The summed E-state index contributed by atoms with van der Waals surface area (Å²) in [6.45, 7) is 4.94. The van der Waals surface area contributed by atoms with Crippen LogP contribution in [0.25, 0.3) is 28.0 Å². The fraction of sp³-hybridized carbons (Fsp3) is 0.389. The number of hydrogen-bond acceptors (Lipinski definition) is 5. The van der Waals surface area contributed by atoms with Crippen LogP contribution in [0.5, 0.6) is 0 Å². The molecule has 252 valence electrons. The van der Waals surface area contributed by atoms with Crippen LogP contribution >= 0.6 is 11.6 Å². The Kier molecular flexibility index (Phi) is 10.3. The van der Waals surface area contributed by atoms with E-state index in [1.807, 2.05) is 36.5 Å². The maximum absolute atomic E-state index is 15.2. The van der Waals surface area contributed by atoms with E-state index in [9.17, 15) is 4.79 Å². The number of fused-ring (bicyclic) bond motifs is 1. The maximum Gasteiger partial charge on any atom is 0.354 e. The molecule has 0 amide bonds. The third-order valence-electron chi connectivity index (χ3n) is 8.98. The highest BCUT2D eigenvalue weighted by Gasteiger charge is 2.31. The number of nitrogens with one attached hydrogen (secondary N) is 2. The van der Waals surface area contributed by atoms with Crippen LogP contribution in [-0.4, -0.2) is 43.1 Å². The van der Waals surface area contributed by atoms with Gasteiger partial charge in [0.1, 0.15) is 11.5 Å². The molecule has 0 spiro atoms. The van der Waals surface area contributed by atoms with E-state index in [1.54, 1.807) is 24.5 Å². The van der Waals surface area contributed by atoms with Gasteiger partial charge in [-0.25, -0.2) is 14.2 Å². The van der Waals surface area contributed by atoms with Gasteiger partial charge < -0.3 is 26.2 Å². The van der Waals surface area contributed by atoms with Crippen molar-refractivity contribution in [2.75, 3.05) is 6.54 Å². The lowest BCUT2D eigenvalue weighted by Gasteiger charge is -2.35. The first-order chi connectivity index (χ1) is 23.1. The lowest BCUT2D eigenvalue weighted by Crippen LogP contribution is -2.31. The molecule has 0 radical (unpaired) electrons. The third-order valence-corrected chi connectivity index (χ3v) is 9.26. The van der Waals surface area contributed by atoms with Crippen LogP contribution in [0.1, 0.15) is 69.0 Å². The molecule has 1 fully saturated rings. The number of guanidine groups is 1. The van der Waals surface area contributed by atoms with E-state index < -0.39 is 11.5 Å². The lowest BCUT2D eigenvalue weighted by atomic mass is 9.85. The fourth-order valence-corrected chi connectivity index (χ4v) is 6.81. The van der Waals surface area contributed by atoms with Crippen LogP contribution in [0.15, 0.2) is 70.8 Å². The third kappa shape index (κ3) is 7.96. The molecule has 4 heterocycles. The Morgan fingerprint density at radius 3 is 2.73 bits per heavy atom. The van der Waals surface area contributed by atoms with E-state index in [2.05, 4.69) is 38.8 Å². The lowest BCUT2D eigenvalue weighted by molar-refractivity contribution is -0.0738. The molecule has 0 bridgehead atoms. The van der Waals surface area contributed by atoms with E-state index >= 15 is 4.39 Å². The number of hydrogen-bond donors (Lipinski definition) is 4. The number of rotatable bonds is 12. The molecule has 48 heavy (non-hydrogen) atoms. The van der Waals surface area contributed by atoms with Crippen molar-refractivity contribution in [3.63, 3.8) is 0 Å². The topological polar surface area (TPSA) is 153 Å². The van der Waals surface area contributed by atoms with Crippen LogP contribution in [0.2, 0.25) is 5.02 Å². The molecule has 3 atom stereocenters. The van der Waals surface area contributed by atoms with E-state index in [1.165, 1.54) is 4.57 Å². The Bertz CT molecular complexity index is 1930. The van der Waals surface area contributed by atoms with Crippen molar-refractivity contribution in [2.45, 2.75) is 71.0 Å². The number of ether oxygens (including phenoxy) is 1. The number of nitrogens with two attached hydrogens (primary N) is 2. The van der Waals surface area contributed by atoms with Crippen molar-refractivity contribution in [3.8, 4) is 16.9 Å². The van der Waals surface area contributed by atoms with Crippen LogP contribution in [0.4, 0.5) is 4.39 Å². The smallest absolute Gasteiger partial charge is 0.354 e. The SMILES string of the molecule is CC(C)CCCc1cc(Cl)c(F)c(-c2cc3cn(-c4ccc([C@@H]5C[C@@H](CCN=C(N)N)C[C@@H](Cc6ncc[nH]6)O5)cc4)c(=O)nc3[nH]2)c1. The largest absolute Gasteiger partial charge is 0.370 e. The second kappa shape index (κ2) is 14.7. The van der Waals surface area contributed by atoms with Crippen molar-refractivity contribution in [1.82, 2.24) is 24.5 Å². The number of H-pyrrole nitrogens is 2. The van der Waals surface area contributed by atoms with Crippen molar-refractivity contribution < 1.29 is 9.13 Å². The Hall–Kier alpha value is -4.48. The summed E-state index contributed by atoms with van der Waals surface area (Å²) in [5, 5.41) is 0.752. The minimum absolute atomic E-state index is 0.0174. The highest BCUT2D eigenvalue weighted by molar-refractivity contribution is 6.31. The molecule has 3 aromatic heterocycles. The predicted molar refractivity (Wildman–Crippen MR) is 188 cm³/mol. The zero-order chi connectivity index (χ0) is 33.8. The standard InChI is InChI=1S/C36H42ClFN8O2/c1-21(2)4-3-5-22-15-28(33(38)29(37)16-22)30-18-25-20-46(36(47)45-34(25)44-30)26-8-6-24(7-9-26)31-17-23(10-11-43-35(39)40)14-27(48-31)19-32-41-12-13-42-32/h6-9,12-13,15-16,18,20-21,23,27,31H,3-5,10-11,14,17,19H2,1-2H3,(H,41,42)(H4,39,40,43)(H,44,45,47)/t23-,27-,31-/m0/s1. The van der Waals surface area contributed by atoms with Gasteiger partial charge in [0.05, 0.1) is 28.6 Å². The summed E-state index contributed by atoms with van der Waals surface area (Å²) < 4.78 is 23.3. The molecule has 2 aromatic carbocycles. The van der Waals surface area contributed by atoms with Crippen molar-refractivity contribution in [2.24, 2.45) is 28.3 Å². The van der Waals surface area contributed by atoms with Gasteiger partial charge in [-0.1, -0.05) is 44.0 Å². The summed E-state index contributed by atoms with van der Waals surface area (Å²) in [7, 11) is 0. The number of aromatic amines is 2. The molecule has 10 nitrogen and oxygen atoms in total. The molecule has 6 rings (SSSR count). The first-order valence-electron chi connectivity index (χ1n) is 16.5. The maximum atomic E-state index is 15.2. The highest BCUT2D eigenvalue weighted by atomic mass is 35.5. The van der Waals surface area contributed by atoms with Gasteiger partial charge in [0, 0.05) is 42.5 Å². The predicted octanol–water partition coefficient (Wildman–Crippen LogP) is 6.62. The van der Waals surface area contributed by atoms with Gasteiger partial charge in [-0.05, 0) is 85.4 Å². The Balaban J connectivity index is 1.22. The molecule has 1 aliphatic heterocycles. The Labute approximate surface area is 283 Å². The number of benzene rings is 2. The number of aromatic nitrogens is 5. The first-order valence-corrected chi connectivity index (χ1v) is 16.9. The average molecular weight is 673 g/mol. The van der Waals surface area contributed by atoms with E-state index in [4.69, 9.17) is 27.8 Å². The van der Waals surface area contributed by atoms with Gasteiger partial charge in [-0.3, -0.25) is 9.56 Å². The number of imidazole rings is 1. The van der Waals surface area contributed by atoms with Crippen molar-refractivity contribution in [1.29, 1.82) is 0 Å². The van der Waals surface area contributed by atoms with E-state index in [0.29, 0.717) is 52.8 Å². The average Bonchev–Trinajstić information content (AvgIpc) is 3.71. The van der Waals surface area contributed by atoms with Gasteiger partial charge in [-0.15, -0.1) is 0 Å². The van der Waals surface area contributed by atoms with Crippen LogP contribution in [-0.2, 0) is 17.6 Å². The molecule has 12 heteroatoms.